The highest BCUT2D eigenvalue weighted by molar-refractivity contribution is 9.10. The Morgan fingerprint density at radius 2 is 1.95 bits per heavy atom. The molecule has 0 aliphatic carbocycles. The van der Waals surface area contributed by atoms with Gasteiger partial charge in [-0.2, -0.15) is 0 Å². The number of rotatable bonds is 6. The van der Waals surface area contributed by atoms with E-state index in [0.717, 1.165) is 28.8 Å². The van der Waals surface area contributed by atoms with Gasteiger partial charge in [-0.15, -0.1) is 0 Å². The molecule has 0 saturated carbocycles. The standard InChI is InChI=1S/C14H14BrN3O2/c15-14-3-1-2-12(17-14)10-16-9-8-11-4-6-13(7-5-11)18(19)20/h1-7,16H,8-10H2. The van der Waals surface area contributed by atoms with Crippen molar-refractivity contribution >= 4 is 21.6 Å². The van der Waals surface area contributed by atoms with Gasteiger partial charge in [0.25, 0.3) is 5.69 Å². The Labute approximate surface area is 125 Å². The number of aromatic nitrogens is 1. The van der Waals surface area contributed by atoms with Crippen molar-refractivity contribution in [2.75, 3.05) is 6.54 Å². The molecule has 2 aromatic rings. The van der Waals surface area contributed by atoms with Crippen LogP contribution < -0.4 is 5.32 Å². The molecule has 1 heterocycles. The van der Waals surface area contributed by atoms with Gasteiger partial charge in [-0.1, -0.05) is 18.2 Å². The predicted octanol–water partition coefficient (Wildman–Crippen LogP) is 3.08. The molecule has 6 heteroatoms. The molecule has 2 rings (SSSR count). The van der Waals surface area contributed by atoms with Crippen molar-refractivity contribution in [2.24, 2.45) is 0 Å². The number of non-ortho nitro benzene ring substituents is 1. The van der Waals surface area contributed by atoms with Gasteiger partial charge in [-0.25, -0.2) is 4.98 Å². The lowest BCUT2D eigenvalue weighted by Gasteiger charge is -2.05. The summed E-state index contributed by atoms with van der Waals surface area (Å²) in [5.74, 6) is 0. The van der Waals surface area contributed by atoms with Crippen molar-refractivity contribution in [3.63, 3.8) is 0 Å². The minimum Gasteiger partial charge on any atom is -0.311 e. The summed E-state index contributed by atoms with van der Waals surface area (Å²) in [5.41, 5.74) is 2.17. The minimum atomic E-state index is -0.388. The fourth-order valence-corrected chi connectivity index (χ4v) is 2.16. The first-order valence-electron chi connectivity index (χ1n) is 6.20. The van der Waals surface area contributed by atoms with Crippen molar-refractivity contribution in [2.45, 2.75) is 13.0 Å². The van der Waals surface area contributed by atoms with Gasteiger partial charge in [0, 0.05) is 18.7 Å². The molecular formula is C14H14BrN3O2. The number of halogens is 1. The van der Waals surface area contributed by atoms with E-state index in [-0.39, 0.29) is 10.6 Å². The summed E-state index contributed by atoms with van der Waals surface area (Å²) in [5, 5.41) is 13.8. The minimum absolute atomic E-state index is 0.125. The van der Waals surface area contributed by atoms with E-state index in [0.29, 0.717) is 6.54 Å². The fraction of sp³-hybridized carbons (Fsp3) is 0.214. The highest BCUT2D eigenvalue weighted by atomic mass is 79.9. The van der Waals surface area contributed by atoms with Crippen molar-refractivity contribution in [1.82, 2.24) is 10.3 Å². The molecular weight excluding hydrogens is 322 g/mol. The van der Waals surface area contributed by atoms with E-state index >= 15 is 0 Å². The number of hydrogen-bond acceptors (Lipinski definition) is 4. The fourth-order valence-electron chi connectivity index (χ4n) is 1.78. The van der Waals surface area contributed by atoms with Crippen LogP contribution in [0.4, 0.5) is 5.69 Å². The number of nitrogens with zero attached hydrogens (tertiary/aromatic N) is 2. The van der Waals surface area contributed by atoms with Crippen LogP contribution >= 0.6 is 15.9 Å². The quantitative estimate of drug-likeness (QED) is 0.381. The molecule has 0 fully saturated rings. The van der Waals surface area contributed by atoms with E-state index in [4.69, 9.17) is 0 Å². The lowest BCUT2D eigenvalue weighted by molar-refractivity contribution is -0.384. The maximum Gasteiger partial charge on any atom is 0.269 e. The Bertz CT molecular complexity index is 587. The third-order valence-electron chi connectivity index (χ3n) is 2.82. The average Bonchev–Trinajstić information content (AvgIpc) is 2.44. The molecule has 5 nitrogen and oxygen atoms in total. The molecule has 0 unspecified atom stereocenters. The molecule has 0 atom stereocenters. The molecule has 1 N–H and O–H groups in total. The summed E-state index contributed by atoms with van der Waals surface area (Å²) in [4.78, 5) is 14.5. The highest BCUT2D eigenvalue weighted by Gasteiger charge is 2.03. The van der Waals surface area contributed by atoms with Gasteiger partial charge in [0.15, 0.2) is 0 Å². The molecule has 0 aliphatic heterocycles. The first-order valence-corrected chi connectivity index (χ1v) is 7.00. The maximum absolute atomic E-state index is 10.5. The van der Waals surface area contributed by atoms with Crippen LogP contribution in [0.3, 0.4) is 0 Å². The second-order valence-electron chi connectivity index (χ2n) is 4.30. The van der Waals surface area contributed by atoms with Crippen LogP contribution in [-0.4, -0.2) is 16.5 Å². The topological polar surface area (TPSA) is 68.1 Å². The molecule has 20 heavy (non-hydrogen) atoms. The van der Waals surface area contributed by atoms with E-state index in [1.165, 1.54) is 12.1 Å². The normalized spacial score (nSPS) is 10.4. The van der Waals surface area contributed by atoms with E-state index in [2.05, 4.69) is 26.2 Å². The average molecular weight is 336 g/mol. The van der Waals surface area contributed by atoms with Crippen molar-refractivity contribution in [1.29, 1.82) is 0 Å². The van der Waals surface area contributed by atoms with E-state index < -0.39 is 0 Å². The summed E-state index contributed by atoms with van der Waals surface area (Å²) in [6.45, 7) is 1.50. The maximum atomic E-state index is 10.5. The summed E-state index contributed by atoms with van der Waals surface area (Å²) >= 11 is 3.33. The molecule has 1 aromatic heterocycles. The number of nitro groups is 1. The molecule has 0 spiro atoms. The molecule has 104 valence electrons. The molecule has 0 aliphatic rings. The van der Waals surface area contributed by atoms with Gasteiger partial charge in [-0.05, 0) is 46.6 Å². The molecule has 0 saturated heterocycles. The van der Waals surface area contributed by atoms with Gasteiger partial charge in [0.05, 0.1) is 10.6 Å². The van der Waals surface area contributed by atoms with Crippen molar-refractivity contribution in [3.05, 3.63) is 68.4 Å². The number of pyridine rings is 1. The van der Waals surface area contributed by atoms with E-state index in [9.17, 15) is 10.1 Å². The lowest BCUT2D eigenvalue weighted by atomic mass is 10.1. The monoisotopic (exact) mass is 335 g/mol. The van der Waals surface area contributed by atoms with Gasteiger partial charge >= 0.3 is 0 Å². The molecule has 0 bridgehead atoms. The first kappa shape index (κ1) is 14.6. The molecule has 0 radical (unpaired) electrons. The second-order valence-corrected chi connectivity index (χ2v) is 5.11. The third-order valence-corrected chi connectivity index (χ3v) is 3.26. The van der Waals surface area contributed by atoms with Crippen molar-refractivity contribution in [3.8, 4) is 0 Å². The van der Waals surface area contributed by atoms with Gasteiger partial charge in [0.2, 0.25) is 0 Å². The number of benzene rings is 1. The SMILES string of the molecule is O=[N+]([O-])c1ccc(CCNCc2cccc(Br)n2)cc1. The van der Waals surface area contributed by atoms with Crippen LogP contribution in [0, 0.1) is 10.1 Å². The lowest BCUT2D eigenvalue weighted by Crippen LogP contribution is -2.17. The zero-order valence-electron chi connectivity index (χ0n) is 10.8. The Balaban J connectivity index is 1.77. The number of nitrogens with one attached hydrogen (secondary N) is 1. The van der Waals surface area contributed by atoms with Crippen LogP contribution in [0.15, 0.2) is 47.1 Å². The van der Waals surface area contributed by atoms with E-state index in [1.807, 2.05) is 18.2 Å². The largest absolute Gasteiger partial charge is 0.311 e. The Hall–Kier alpha value is -1.79. The summed E-state index contributed by atoms with van der Waals surface area (Å²) in [6, 6.07) is 12.4. The van der Waals surface area contributed by atoms with Crippen LogP contribution in [0.5, 0.6) is 0 Å². The summed E-state index contributed by atoms with van der Waals surface area (Å²) in [6.07, 6.45) is 0.825. The second kappa shape index (κ2) is 7.12. The Morgan fingerprint density at radius 1 is 1.20 bits per heavy atom. The van der Waals surface area contributed by atoms with Crippen LogP contribution in [-0.2, 0) is 13.0 Å². The first-order chi connectivity index (χ1) is 9.65. The third kappa shape index (κ3) is 4.40. The van der Waals surface area contributed by atoms with Gasteiger partial charge < -0.3 is 5.32 Å². The van der Waals surface area contributed by atoms with Gasteiger partial charge in [-0.3, -0.25) is 10.1 Å². The summed E-state index contributed by atoms with van der Waals surface area (Å²) in [7, 11) is 0. The predicted molar refractivity (Wildman–Crippen MR) is 80.4 cm³/mol. The molecule has 0 amide bonds. The van der Waals surface area contributed by atoms with Crippen LogP contribution in [0.1, 0.15) is 11.3 Å². The van der Waals surface area contributed by atoms with Crippen LogP contribution in [0.25, 0.3) is 0 Å². The Morgan fingerprint density at radius 3 is 2.60 bits per heavy atom. The summed E-state index contributed by atoms with van der Waals surface area (Å²) < 4.78 is 0.826. The number of nitro benzene ring substituents is 1. The highest BCUT2D eigenvalue weighted by Crippen LogP contribution is 2.12. The van der Waals surface area contributed by atoms with E-state index in [1.54, 1.807) is 12.1 Å². The van der Waals surface area contributed by atoms with Gasteiger partial charge in [0.1, 0.15) is 4.60 Å². The number of hydrogen-bond donors (Lipinski definition) is 1. The zero-order chi connectivity index (χ0) is 14.4. The Kier molecular flexibility index (Phi) is 5.20. The molecule has 1 aromatic carbocycles. The van der Waals surface area contributed by atoms with Crippen molar-refractivity contribution < 1.29 is 4.92 Å². The van der Waals surface area contributed by atoms with Crippen LogP contribution in [0.2, 0.25) is 0 Å². The smallest absolute Gasteiger partial charge is 0.269 e. The zero-order valence-corrected chi connectivity index (χ0v) is 12.3.